The Bertz CT molecular complexity index is 301. The summed E-state index contributed by atoms with van der Waals surface area (Å²) in [5, 5.41) is 0. The molecule has 2 saturated heterocycles. The van der Waals surface area contributed by atoms with Crippen LogP contribution >= 0.6 is 0 Å². The third kappa shape index (κ3) is 4.85. The van der Waals surface area contributed by atoms with E-state index in [1.807, 2.05) is 0 Å². The van der Waals surface area contributed by atoms with Gasteiger partial charge in [0.1, 0.15) is 0 Å². The molecule has 0 atom stereocenters. The lowest BCUT2D eigenvalue weighted by Gasteiger charge is -2.41. The molecule has 0 aliphatic carbocycles. The van der Waals surface area contributed by atoms with Gasteiger partial charge in [-0.05, 0) is 12.8 Å². The van der Waals surface area contributed by atoms with E-state index in [0.717, 1.165) is 12.8 Å². The van der Waals surface area contributed by atoms with Crippen LogP contribution in [0.25, 0.3) is 0 Å². The van der Waals surface area contributed by atoms with Crippen molar-refractivity contribution in [1.82, 2.24) is 0 Å². The summed E-state index contributed by atoms with van der Waals surface area (Å²) in [7, 11) is 3.37. The van der Waals surface area contributed by atoms with E-state index < -0.39 is 13.0 Å². The molecular weight excluding hydrogens is 304 g/mol. The summed E-state index contributed by atoms with van der Waals surface area (Å²) < 4.78 is 38.7. The van der Waals surface area contributed by atoms with Crippen molar-refractivity contribution in [3.63, 3.8) is 0 Å². The molecule has 0 aromatic carbocycles. The van der Waals surface area contributed by atoms with Crippen molar-refractivity contribution in [1.29, 1.82) is 0 Å². The van der Waals surface area contributed by atoms with Gasteiger partial charge in [-0.25, -0.2) is 0 Å². The summed E-state index contributed by atoms with van der Waals surface area (Å²) in [6.07, 6.45) is 1.83. The zero-order chi connectivity index (χ0) is 16.8. The molecule has 0 unspecified atom stereocenters. The highest BCUT2D eigenvalue weighted by atomic mass is 16.9. The molecule has 136 valence electrons. The zero-order valence-electron chi connectivity index (χ0n) is 14.7. The minimum absolute atomic E-state index is 0.112. The fourth-order valence-corrected chi connectivity index (χ4v) is 2.80. The van der Waals surface area contributed by atoms with E-state index in [-0.39, 0.29) is 10.8 Å². The van der Waals surface area contributed by atoms with Gasteiger partial charge in [-0.1, -0.05) is 13.8 Å². The van der Waals surface area contributed by atoms with Crippen LogP contribution in [0.2, 0.25) is 0 Å². The molecule has 0 aromatic rings. The molecule has 2 aliphatic rings. The Hall–Kier alpha value is -0.280. The van der Waals surface area contributed by atoms with E-state index >= 15 is 0 Å². The van der Waals surface area contributed by atoms with Crippen molar-refractivity contribution in [3.05, 3.63) is 0 Å². The van der Waals surface area contributed by atoms with Crippen LogP contribution in [0.3, 0.4) is 0 Å². The molecule has 2 aliphatic heterocycles. The first-order chi connectivity index (χ1) is 11.1. The smallest absolute Gasteiger partial charge is 0.275 e. The maximum Gasteiger partial charge on any atom is 0.275 e. The average Bonchev–Trinajstić information content (AvgIpc) is 2.59. The standard InChI is InChI=1S/C16H30O7/c1-5-15(7-17-3)9-19-13(20-10-15)23-14-21-11-16(6-2,8-18-4)12-22-14/h13-14H,5-12H2,1-4H3. The van der Waals surface area contributed by atoms with Crippen LogP contribution in [0.1, 0.15) is 26.7 Å². The second-order valence-electron chi connectivity index (χ2n) is 6.53. The summed E-state index contributed by atoms with van der Waals surface area (Å²) in [5.41, 5.74) is -0.225. The lowest BCUT2D eigenvalue weighted by Crippen LogP contribution is -2.49. The second-order valence-corrected chi connectivity index (χ2v) is 6.53. The van der Waals surface area contributed by atoms with Crippen molar-refractivity contribution in [2.45, 2.75) is 39.6 Å². The predicted molar refractivity (Wildman–Crippen MR) is 81.7 cm³/mol. The van der Waals surface area contributed by atoms with Gasteiger partial charge in [0, 0.05) is 25.0 Å². The Morgan fingerprint density at radius 2 is 1.09 bits per heavy atom. The van der Waals surface area contributed by atoms with Crippen molar-refractivity contribution in [3.8, 4) is 0 Å². The molecule has 0 radical (unpaired) electrons. The highest BCUT2D eigenvalue weighted by molar-refractivity contribution is 4.80. The minimum Gasteiger partial charge on any atom is -0.384 e. The van der Waals surface area contributed by atoms with Crippen LogP contribution in [-0.2, 0) is 33.2 Å². The van der Waals surface area contributed by atoms with Crippen LogP contribution in [0.5, 0.6) is 0 Å². The molecule has 0 N–H and O–H groups in total. The maximum absolute atomic E-state index is 5.66. The Balaban J connectivity index is 1.75. The summed E-state index contributed by atoms with van der Waals surface area (Å²) in [4.78, 5) is 0. The van der Waals surface area contributed by atoms with Gasteiger partial charge in [0.2, 0.25) is 0 Å². The van der Waals surface area contributed by atoms with Crippen molar-refractivity contribution in [2.75, 3.05) is 53.9 Å². The Kier molecular flexibility index (Phi) is 7.21. The quantitative estimate of drug-likeness (QED) is 0.670. The largest absolute Gasteiger partial charge is 0.384 e. The van der Waals surface area contributed by atoms with Gasteiger partial charge >= 0.3 is 0 Å². The fraction of sp³-hybridized carbons (Fsp3) is 1.00. The minimum atomic E-state index is -0.770. The maximum atomic E-state index is 5.66. The zero-order valence-corrected chi connectivity index (χ0v) is 14.7. The fourth-order valence-electron chi connectivity index (χ4n) is 2.80. The molecule has 0 saturated carbocycles. The summed E-state index contributed by atoms with van der Waals surface area (Å²) in [6, 6.07) is 0. The second kappa shape index (κ2) is 8.71. The number of ether oxygens (including phenoxy) is 7. The van der Waals surface area contributed by atoms with Gasteiger partial charge in [0.15, 0.2) is 0 Å². The van der Waals surface area contributed by atoms with Gasteiger partial charge in [0.05, 0.1) is 39.6 Å². The van der Waals surface area contributed by atoms with E-state index in [1.54, 1.807) is 14.2 Å². The van der Waals surface area contributed by atoms with E-state index in [9.17, 15) is 0 Å². The predicted octanol–water partition coefficient (Wildman–Crippen LogP) is 1.75. The van der Waals surface area contributed by atoms with E-state index in [0.29, 0.717) is 39.6 Å². The van der Waals surface area contributed by atoms with Crippen LogP contribution in [0, 0.1) is 10.8 Å². The van der Waals surface area contributed by atoms with Crippen molar-refractivity contribution >= 4 is 0 Å². The molecule has 2 heterocycles. The Labute approximate surface area is 138 Å². The van der Waals surface area contributed by atoms with E-state index in [2.05, 4.69) is 13.8 Å². The molecule has 7 nitrogen and oxygen atoms in total. The molecule has 2 fully saturated rings. The topological polar surface area (TPSA) is 64.6 Å². The van der Waals surface area contributed by atoms with Crippen molar-refractivity contribution in [2.24, 2.45) is 10.8 Å². The average molecular weight is 334 g/mol. The van der Waals surface area contributed by atoms with Crippen molar-refractivity contribution < 1.29 is 33.2 Å². The first-order valence-corrected chi connectivity index (χ1v) is 8.21. The molecule has 7 heteroatoms. The van der Waals surface area contributed by atoms with Gasteiger partial charge in [0.25, 0.3) is 13.0 Å². The molecule has 0 aromatic heterocycles. The first-order valence-electron chi connectivity index (χ1n) is 8.21. The highest BCUT2D eigenvalue weighted by Crippen LogP contribution is 2.32. The first kappa shape index (κ1) is 19.1. The van der Waals surface area contributed by atoms with Crippen LogP contribution in [-0.4, -0.2) is 66.8 Å². The molecule has 23 heavy (non-hydrogen) atoms. The monoisotopic (exact) mass is 334 g/mol. The van der Waals surface area contributed by atoms with Gasteiger partial charge < -0.3 is 28.4 Å². The van der Waals surface area contributed by atoms with Crippen LogP contribution in [0.4, 0.5) is 0 Å². The lowest BCUT2D eigenvalue weighted by molar-refractivity contribution is -0.438. The Morgan fingerprint density at radius 3 is 1.35 bits per heavy atom. The summed E-state index contributed by atoms with van der Waals surface area (Å²) >= 11 is 0. The number of rotatable bonds is 8. The van der Waals surface area contributed by atoms with Gasteiger partial charge in [-0.2, -0.15) is 0 Å². The molecule has 0 amide bonds. The van der Waals surface area contributed by atoms with Gasteiger partial charge in [-0.3, -0.25) is 4.74 Å². The third-order valence-electron chi connectivity index (χ3n) is 4.73. The highest BCUT2D eigenvalue weighted by Gasteiger charge is 2.40. The third-order valence-corrected chi connectivity index (χ3v) is 4.73. The molecule has 0 bridgehead atoms. The van der Waals surface area contributed by atoms with E-state index in [4.69, 9.17) is 33.2 Å². The number of methoxy groups -OCH3 is 2. The molecule has 2 rings (SSSR count). The molecular formula is C16H30O7. The summed E-state index contributed by atoms with van der Waals surface area (Å²) in [6.45, 7) is 5.95. The number of hydrogen-bond acceptors (Lipinski definition) is 7. The number of hydrogen-bond donors (Lipinski definition) is 0. The normalized spacial score (nSPS) is 38.6. The SMILES string of the molecule is CCC1(COC)COC(OC2OCC(CC)(COC)CO2)OC1. The summed E-state index contributed by atoms with van der Waals surface area (Å²) in [5.74, 6) is 0. The Morgan fingerprint density at radius 1 is 0.739 bits per heavy atom. The lowest BCUT2D eigenvalue weighted by atomic mass is 9.87. The molecule has 0 spiro atoms. The van der Waals surface area contributed by atoms with Crippen LogP contribution < -0.4 is 0 Å². The van der Waals surface area contributed by atoms with Crippen LogP contribution in [0.15, 0.2) is 0 Å². The van der Waals surface area contributed by atoms with E-state index in [1.165, 1.54) is 0 Å². The van der Waals surface area contributed by atoms with Gasteiger partial charge in [-0.15, -0.1) is 0 Å².